The fourth-order valence-corrected chi connectivity index (χ4v) is 1.70. The molecule has 0 N–H and O–H groups in total. The average molecular weight is 233 g/mol. The number of isocyanates is 1. The largest absolute Gasteiger partial charge is 0.484 e. The lowest BCUT2D eigenvalue weighted by Gasteiger charge is -2.12. The number of aliphatic imine (C=N–C) groups is 1. The molecule has 0 unspecified atom stereocenters. The second-order valence-electron chi connectivity index (χ2n) is 2.06. The van der Waals surface area contributed by atoms with Crippen LogP contribution in [0.4, 0.5) is 0 Å². The van der Waals surface area contributed by atoms with Crippen molar-refractivity contribution >= 4 is 15.6 Å². The van der Waals surface area contributed by atoms with E-state index in [1.165, 1.54) is 6.08 Å². The Kier molecular flexibility index (Phi) is 17.4. The minimum absolute atomic E-state index is 0.677. The van der Waals surface area contributed by atoms with Gasteiger partial charge in [0.1, 0.15) is 0 Å². The molecule has 0 aromatic rings. The first-order valence-electron chi connectivity index (χ1n) is 4.79. The molecule has 0 bridgehead atoms. The van der Waals surface area contributed by atoms with E-state index in [2.05, 4.69) is 11.6 Å². The van der Waals surface area contributed by atoms with Crippen LogP contribution < -0.4 is 0 Å². The fourth-order valence-electron chi connectivity index (χ4n) is 0.590. The molecule has 0 heterocycles. The molecule has 0 amide bonds. The number of rotatable bonds is 7. The summed E-state index contributed by atoms with van der Waals surface area (Å²) in [6.07, 6.45) is 2.41. The maximum Gasteiger partial charge on any atom is 0.484 e. The third-order valence-electron chi connectivity index (χ3n) is 1.05. The van der Waals surface area contributed by atoms with Crippen molar-refractivity contribution in [2.45, 2.75) is 20.8 Å². The summed E-state index contributed by atoms with van der Waals surface area (Å²) in [5, 5.41) is 0. The normalized spacial score (nSPS) is 8.80. The third kappa shape index (κ3) is 15.9. The molecule has 0 rings (SSSR count). The zero-order valence-electron chi connectivity index (χ0n) is 9.56. The quantitative estimate of drug-likeness (QED) is 0.377. The first kappa shape index (κ1) is 16.6. The van der Waals surface area contributed by atoms with E-state index in [1.807, 2.05) is 20.8 Å². The van der Waals surface area contributed by atoms with Crippen LogP contribution in [0.3, 0.4) is 0 Å². The predicted octanol–water partition coefficient (Wildman–Crippen LogP) is 1.28. The molecule has 0 saturated carbocycles. The molecular formula is C9H19NO4Si. The Morgan fingerprint density at radius 1 is 1.20 bits per heavy atom. The molecule has 0 atom stereocenters. The highest BCUT2D eigenvalue weighted by Gasteiger charge is 2.11. The van der Waals surface area contributed by atoms with Gasteiger partial charge in [0.2, 0.25) is 6.08 Å². The lowest BCUT2D eigenvalue weighted by Crippen LogP contribution is -2.27. The van der Waals surface area contributed by atoms with Crippen LogP contribution in [0, 0.1) is 0 Å². The van der Waals surface area contributed by atoms with Gasteiger partial charge in [-0.3, -0.25) is 0 Å². The van der Waals surface area contributed by atoms with Gasteiger partial charge in [-0.2, -0.15) is 4.99 Å². The lowest BCUT2D eigenvalue weighted by molar-refractivity contribution is 0.107. The first-order chi connectivity index (χ1) is 7.26. The smallest absolute Gasteiger partial charge is 0.376 e. The van der Waals surface area contributed by atoms with Crippen molar-refractivity contribution in [3.8, 4) is 0 Å². The van der Waals surface area contributed by atoms with Gasteiger partial charge in [-0.05, 0) is 20.8 Å². The van der Waals surface area contributed by atoms with Crippen molar-refractivity contribution in [1.29, 1.82) is 0 Å². The number of nitrogens with zero attached hydrogens (tertiary/aromatic N) is 1. The minimum Gasteiger partial charge on any atom is -0.376 e. The summed E-state index contributed by atoms with van der Waals surface area (Å²) < 4.78 is 15.7. The van der Waals surface area contributed by atoms with Crippen molar-refractivity contribution in [3.05, 3.63) is 12.8 Å². The van der Waals surface area contributed by atoms with Crippen LogP contribution in [-0.2, 0) is 18.1 Å². The minimum atomic E-state index is -1.73. The summed E-state index contributed by atoms with van der Waals surface area (Å²) in [6, 6.07) is 0. The van der Waals surface area contributed by atoms with Crippen molar-refractivity contribution in [2.75, 3.05) is 19.8 Å². The van der Waals surface area contributed by atoms with E-state index < -0.39 is 9.53 Å². The zero-order valence-corrected chi connectivity index (χ0v) is 10.7. The van der Waals surface area contributed by atoms with Gasteiger partial charge in [-0.15, -0.1) is 0 Å². The van der Waals surface area contributed by atoms with E-state index in [9.17, 15) is 0 Å². The van der Waals surface area contributed by atoms with Crippen molar-refractivity contribution in [2.24, 2.45) is 4.99 Å². The molecule has 0 aliphatic heterocycles. The number of hydrogen-bond donors (Lipinski definition) is 0. The molecule has 0 saturated heterocycles. The Bertz CT molecular complexity index is 169. The summed E-state index contributed by atoms with van der Waals surface area (Å²) in [5.74, 6) is 0. The highest BCUT2D eigenvalue weighted by molar-refractivity contribution is 6.36. The summed E-state index contributed by atoms with van der Waals surface area (Å²) in [4.78, 5) is 12.0. The van der Waals surface area contributed by atoms with Crippen LogP contribution >= 0.6 is 0 Å². The van der Waals surface area contributed by atoms with E-state index >= 15 is 0 Å². The Balaban J connectivity index is 0. The molecule has 0 radical (unpaired) electrons. The van der Waals surface area contributed by atoms with Gasteiger partial charge in [0.25, 0.3) is 0 Å². The molecule has 6 heteroatoms. The zero-order chi connectivity index (χ0) is 11.9. The lowest BCUT2D eigenvalue weighted by atomic mass is 10.9. The van der Waals surface area contributed by atoms with Gasteiger partial charge in [-0.25, -0.2) is 4.79 Å². The molecule has 0 aliphatic rings. The SMILES string of the molecule is C=CN=C=O.CCO[SiH](OCC)OCC. The molecular weight excluding hydrogens is 214 g/mol. The van der Waals surface area contributed by atoms with E-state index in [0.717, 1.165) is 6.20 Å². The van der Waals surface area contributed by atoms with Crippen LogP contribution in [0.2, 0.25) is 0 Å². The van der Waals surface area contributed by atoms with Crippen LogP contribution in [0.5, 0.6) is 0 Å². The molecule has 15 heavy (non-hydrogen) atoms. The highest BCUT2D eigenvalue weighted by atomic mass is 28.3. The fraction of sp³-hybridized carbons (Fsp3) is 0.667. The van der Waals surface area contributed by atoms with Crippen molar-refractivity contribution in [1.82, 2.24) is 0 Å². The van der Waals surface area contributed by atoms with E-state index in [1.54, 1.807) is 0 Å². The third-order valence-corrected chi connectivity index (χ3v) is 2.87. The van der Waals surface area contributed by atoms with Gasteiger partial charge >= 0.3 is 9.53 Å². The molecule has 5 nitrogen and oxygen atoms in total. The van der Waals surface area contributed by atoms with Crippen molar-refractivity contribution < 1.29 is 18.1 Å². The van der Waals surface area contributed by atoms with Gasteiger partial charge in [0.05, 0.1) is 0 Å². The van der Waals surface area contributed by atoms with Gasteiger partial charge in [-0.1, -0.05) is 6.58 Å². The standard InChI is InChI=1S/C6H16O3Si.C3H3NO/c1-4-7-10(8-5-2)9-6-3;1-2-4-3-5/h10H,4-6H2,1-3H3;2H,1H2. The summed E-state index contributed by atoms with van der Waals surface area (Å²) in [6.45, 7) is 11.0. The second-order valence-corrected chi connectivity index (χ2v) is 3.64. The van der Waals surface area contributed by atoms with Crippen LogP contribution in [0.1, 0.15) is 20.8 Å². The average Bonchev–Trinajstić information content (AvgIpc) is 2.21. The monoisotopic (exact) mass is 233 g/mol. The maximum atomic E-state index is 9.04. The summed E-state index contributed by atoms with van der Waals surface area (Å²) in [5.41, 5.74) is 0. The number of carbonyl (C=O) groups excluding carboxylic acids is 1. The Morgan fingerprint density at radius 2 is 1.60 bits per heavy atom. The topological polar surface area (TPSA) is 57.1 Å². The van der Waals surface area contributed by atoms with E-state index in [-0.39, 0.29) is 0 Å². The van der Waals surface area contributed by atoms with Crippen molar-refractivity contribution in [3.63, 3.8) is 0 Å². The van der Waals surface area contributed by atoms with Crippen LogP contribution in [-0.4, -0.2) is 35.4 Å². The highest BCUT2D eigenvalue weighted by Crippen LogP contribution is 1.90. The molecule has 0 aromatic heterocycles. The Hall–Kier alpha value is -0.783. The summed E-state index contributed by atoms with van der Waals surface area (Å²) >= 11 is 0. The molecule has 0 spiro atoms. The van der Waals surface area contributed by atoms with E-state index in [4.69, 9.17) is 18.1 Å². The molecule has 0 fully saturated rings. The van der Waals surface area contributed by atoms with Crippen LogP contribution in [0.15, 0.2) is 17.8 Å². The Morgan fingerprint density at radius 3 is 1.73 bits per heavy atom. The summed E-state index contributed by atoms with van der Waals surface area (Å²) in [7, 11) is -1.73. The molecule has 0 aromatic carbocycles. The van der Waals surface area contributed by atoms with Gasteiger partial charge < -0.3 is 13.3 Å². The first-order valence-corrected chi connectivity index (χ1v) is 6.20. The molecule has 0 aliphatic carbocycles. The van der Waals surface area contributed by atoms with Gasteiger partial charge in [0.15, 0.2) is 0 Å². The van der Waals surface area contributed by atoms with Crippen LogP contribution in [0.25, 0.3) is 0 Å². The number of hydrogen-bond acceptors (Lipinski definition) is 5. The predicted molar refractivity (Wildman–Crippen MR) is 60.3 cm³/mol. The second kappa shape index (κ2) is 15.7. The maximum absolute atomic E-state index is 9.04. The Labute approximate surface area is 92.7 Å². The van der Waals surface area contributed by atoms with Gasteiger partial charge in [0, 0.05) is 26.0 Å². The molecule has 88 valence electrons. The van der Waals surface area contributed by atoms with E-state index in [0.29, 0.717) is 19.8 Å².